The Labute approximate surface area is 470 Å². The molecular weight excluding hydrogens is 1070 g/mol. The number of hydrogen-bond donors (Lipinski definition) is 15. The number of amides is 12. The second kappa shape index (κ2) is 35.3. The van der Waals surface area contributed by atoms with Gasteiger partial charge in [0.15, 0.2) is 0 Å². The number of carbonyl (C=O) groups is 13. The van der Waals surface area contributed by atoms with Crippen LogP contribution >= 0.6 is 11.8 Å². The van der Waals surface area contributed by atoms with Gasteiger partial charge >= 0.3 is 5.97 Å². The number of carbonyl (C=O) groups excluding carboxylic acids is 12. The van der Waals surface area contributed by atoms with E-state index in [-0.39, 0.29) is 12.8 Å². The highest BCUT2D eigenvalue weighted by atomic mass is 32.2. The summed E-state index contributed by atoms with van der Waals surface area (Å²) in [7, 11) is 0. The number of nitrogens with one attached hydrogen (secondary N) is 12. The van der Waals surface area contributed by atoms with E-state index in [9.17, 15) is 62.3 Å². The smallest absolute Gasteiger partial charge is 0.322 e. The highest BCUT2D eigenvalue weighted by Crippen LogP contribution is 2.12. The Morgan fingerprint density at radius 2 is 0.838 bits per heavy atom. The van der Waals surface area contributed by atoms with E-state index in [0.29, 0.717) is 17.7 Å². The highest BCUT2D eigenvalue weighted by Gasteiger charge is 2.35. The van der Waals surface area contributed by atoms with E-state index in [4.69, 9.17) is 15.9 Å². The summed E-state index contributed by atoms with van der Waals surface area (Å²) in [4.78, 5) is 169. The van der Waals surface area contributed by atoms with Crippen molar-refractivity contribution in [3.8, 4) is 0 Å². The molecule has 1 rings (SSSR count). The molecule has 0 bridgehead atoms. The van der Waals surface area contributed by atoms with Crippen LogP contribution in [0.15, 0.2) is 30.3 Å². The van der Waals surface area contributed by atoms with Crippen molar-refractivity contribution >= 4 is 88.6 Å². The summed E-state index contributed by atoms with van der Waals surface area (Å²) in [5.74, 6) is -11.2. The Kier molecular flexibility index (Phi) is 31.1. The topological polar surface area (TPSA) is 433 Å². The number of thioether (sulfide) groups is 1. The lowest BCUT2D eigenvalue weighted by molar-refractivity contribution is -0.138. The van der Waals surface area contributed by atoms with E-state index < -0.39 is 174 Å². The normalized spacial score (nSPS) is 15.9. The molecule has 0 spiro atoms. The molecule has 0 heterocycles. The van der Waals surface area contributed by atoms with Gasteiger partial charge < -0.3 is 79.7 Å². The third-order valence-electron chi connectivity index (χ3n) is 12.4. The molecule has 0 radical (unpaired) electrons. The van der Waals surface area contributed by atoms with Crippen molar-refractivity contribution in [3.05, 3.63) is 35.9 Å². The number of aliphatic hydroxyl groups is 1. The first kappa shape index (κ1) is 70.6. The van der Waals surface area contributed by atoms with Gasteiger partial charge in [0, 0.05) is 6.42 Å². The molecule has 16 N–H and O–H groups in total. The van der Waals surface area contributed by atoms with Gasteiger partial charge in [-0.05, 0) is 84.3 Å². The summed E-state index contributed by atoms with van der Waals surface area (Å²) in [5, 5.41) is 47.9. The molecule has 0 aliphatic heterocycles. The van der Waals surface area contributed by atoms with E-state index in [1.807, 2.05) is 0 Å². The largest absolute Gasteiger partial charge is 0.480 e. The lowest BCUT2D eigenvalue weighted by atomic mass is 9.96. The van der Waals surface area contributed by atoms with Crippen LogP contribution in [0, 0.1) is 11.8 Å². The van der Waals surface area contributed by atoms with Gasteiger partial charge in [0.2, 0.25) is 70.9 Å². The van der Waals surface area contributed by atoms with Crippen LogP contribution in [0.25, 0.3) is 0 Å². The second-order valence-electron chi connectivity index (χ2n) is 19.7. The summed E-state index contributed by atoms with van der Waals surface area (Å²) in [6.45, 7) is 14.7. The molecule has 1 aromatic rings. The van der Waals surface area contributed by atoms with E-state index in [2.05, 4.69) is 63.8 Å². The monoisotopic (exact) mass is 1150 g/mol. The molecule has 28 nitrogen and oxygen atoms in total. The van der Waals surface area contributed by atoms with Crippen molar-refractivity contribution in [1.29, 1.82) is 0 Å². The van der Waals surface area contributed by atoms with Crippen molar-refractivity contribution < 1.29 is 72.5 Å². The zero-order valence-corrected chi connectivity index (χ0v) is 48.2. The highest BCUT2D eigenvalue weighted by molar-refractivity contribution is 7.98. The molecule has 12 amide bonds. The average molecular weight is 1150 g/mol. The first-order valence-corrected chi connectivity index (χ1v) is 27.5. The number of benzene rings is 1. The Hall–Kier alpha value is -7.40. The maximum Gasteiger partial charge on any atom is 0.322 e. The molecular formula is C51H83N13O15S. The van der Waals surface area contributed by atoms with Gasteiger partial charge in [0.05, 0.1) is 6.61 Å². The van der Waals surface area contributed by atoms with E-state index in [0.717, 1.165) is 0 Å². The first-order chi connectivity index (χ1) is 37.4. The number of aliphatic carboxylic acids is 1. The Balaban J connectivity index is 2.85. The number of aliphatic hydroxyl groups excluding tert-OH is 1. The molecule has 80 heavy (non-hydrogen) atoms. The summed E-state index contributed by atoms with van der Waals surface area (Å²) in [6, 6.07) is -5.96. The minimum absolute atomic E-state index is 0.0102. The molecule has 29 heteroatoms. The van der Waals surface area contributed by atoms with Gasteiger partial charge in [0.1, 0.15) is 79.0 Å². The van der Waals surface area contributed by atoms with Crippen molar-refractivity contribution in [2.75, 3.05) is 25.2 Å². The fourth-order valence-corrected chi connectivity index (χ4v) is 7.51. The third-order valence-corrected chi connectivity index (χ3v) is 13.1. The number of carboxylic acid groups (broad SMARTS) is 1. The van der Waals surface area contributed by atoms with Crippen LogP contribution in [0.2, 0.25) is 0 Å². The van der Waals surface area contributed by atoms with Crippen molar-refractivity contribution in [1.82, 2.24) is 63.8 Å². The van der Waals surface area contributed by atoms with E-state index in [1.165, 1.54) is 60.2 Å². The van der Waals surface area contributed by atoms with Gasteiger partial charge in [-0.3, -0.25) is 62.3 Å². The Morgan fingerprint density at radius 1 is 0.475 bits per heavy atom. The molecule has 0 aromatic heterocycles. The van der Waals surface area contributed by atoms with Crippen molar-refractivity contribution in [3.63, 3.8) is 0 Å². The summed E-state index contributed by atoms with van der Waals surface area (Å²) in [5.41, 5.74) is 6.15. The average Bonchev–Trinajstić information content (AvgIpc) is 3.40. The lowest BCUT2D eigenvalue weighted by Crippen LogP contribution is -2.60. The number of nitrogens with two attached hydrogens (primary N) is 1. The zero-order chi connectivity index (χ0) is 61.1. The maximum absolute atomic E-state index is 13.7. The first-order valence-electron chi connectivity index (χ1n) is 26.1. The summed E-state index contributed by atoms with van der Waals surface area (Å²) in [6.07, 6.45) is 2.35. The summed E-state index contributed by atoms with van der Waals surface area (Å²) >= 11 is 1.39. The predicted octanol–water partition coefficient (Wildman–Crippen LogP) is -4.32. The molecule has 0 fully saturated rings. The molecule has 0 unspecified atom stereocenters. The van der Waals surface area contributed by atoms with Gasteiger partial charge in [0.25, 0.3) is 0 Å². The molecule has 1 aromatic carbocycles. The van der Waals surface area contributed by atoms with Crippen LogP contribution in [0.3, 0.4) is 0 Å². The Bertz CT molecular complexity index is 2330. The molecule has 448 valence electrons. The fourth-order valence-electron chi connectivity index (χ4n) is 7.03. The van der Waals surface area contributed by atoms with Gasteiger partial charge in [-0.25, -0.2) is 0 Å². The minimum atomic E-state index is -1.29. The number of rotatable bonds is 34. The molecule has 0 saturated carbocycles. The second-order valence-corrected chi connectivity index (χ2v) is 20.7. The molecule has 0 aliphatic carbocycles. The van der Waals surface area contributed by atoms with Crippen LogP contribution in [0.1, 0.15) is 94.6 Å². The van der Waals surface area contributed by atoms with Crippen molar-refractivity contribution in [2.24, 2.45) is 17.6 Å². The lowest BCUT2D eigenvalue weighted by Gasteiger charge is -2.29. The standard InChI is InChI=1S/C51H83N13O15S/c1-13-25(4)39(51(79)62-36(48(76)53-22-37(66)67)21-33-17-15-14-16-18-33)64-46(74)32(11)60-50(78)38(24(2)3)63-45(73)31(10)57-42(70)28(7)55-40(68)26(5)54-41(69)27(6)56-43(71)29(8)59-49(77)35(19-20-80-12)61-44(72)30(9)58-47(75)34(52)23-65/h14-18,24-32,34-36,38-39,65H,13,19-23,52H2,1-12H3,(H,53,76)(H,54,69)(H,55,68)(H,56,71)(H,57,70)(H,58,75)(H,59,77)(H,60,78)(H,61,72)(H,62,79)(H,63,73)(H,64,74)(H,66,67)/t25-,26-,27-,28-,29-,30-,31-,32-,34-,35-,36-,38-,39-/m0/s1. The third kappa shape index (κ3) is 24.7. The SMILES string of the molecule is CC[C@H](C)[C@H](NC(=O)[C@H](C)NC(=O)[C@@H](NC(=O)[C@H](C)NC(=O)[C@H](C)NC(=O)[C@H](C)NC(=O)[C@H](C)NC(=O)[C@H](C)NC(=O)[C@H](CCSC)NC(=O)[C@H](C)NC(=O)[C@@H](N)CO)C(C)C)C(=O)N[C@@H](Cc1ccccc1)C(=O)NCC(=O)O. The predicted molar refractivity (Wildman–Crippen MR) is 294 cm³/mol. The maximum atomic E-state index is 13.7. The zero-order valence-electron chi connectivity index (χ0n) is 47.4. The van der Waals surface area contributed by atoms with Crippen LogP contribution in [0.4, 0.5) is 0 Å². The quantitative estimate of drug-likeness (QED) is 0.0310. The van der Waals surface area contributed by atoms with Gasteiger partial charge in [-0.1, -0.05) is 64.4 Å². The Morgan fingerprint density at radius 3 is 1.24 bits per heavy atom. The van der Waals surface area contributed by atoms with Gasteiger partial charge in [-0.2, -0.15) is 11.8 Å². The van der Waals surface area contributed by atoms with E-state index in [1.54, 1.807) is 64.3 Å². The van der Waals surface area contributed by atoms with Crippen LogP contribution in [-0.4, -0.2) is 185 Å². The van der Waals surface area contributed by atoms with Crippen LogP contribution in [0.5, 0.6) is 0 Å². The fraction of sp³-hybridized carbons (Fsp3) is 0.627. The van der Waals surface area contributed by atoms with Gasteiger partial charge in [-0.15, -0.1) is 0 Å². The molecule has 0 saturated heterocycles. The van der Waals surface area contributed by atoms with Crippen LogP contribution in [-0.2, 0) is 68.7 Å². The van der Waals surface area contributed by atoms with Crippen LogP contribution < -0.4 is 69.5 Å². The summed E-state index contributed by atoms with van der Waals surface area (Å²) < 4.78 is 0. The molecule has 0 aliphatic rings. The number of carboxylic acids is 1. The minimum Gasteiger partial charge on any atom is -0.480 e. The number of hydrogen-bond acceptors (Lipinski definition) is 16. The van der Waals surface area contributed by atoms with E-state index >= 15 is 0 Å². The van der Waals surface area contributed by atoms with Crippen molar-refractivity contribution in [2.45, 2.75) is 168 Å². The molecule has 13 atom stereocenters.